The van der Waals surface area contributed by atoms with Crippen LogP contribution in [0.15, 0.2) is 61.2 Å². The number of rotatable bonds is 3. The molecule has 0 aliphatic heterocycles. The summed E-state index contributed by atoms with van der Waals surface area (Å²) in [4.78, 5) is 16.0. The van der Waals surface area contributed by atoms with Gasteiger partial charge in [0.2, 0.25) is 0 Å². The van der Waals surface area contributed by atoms with Crippen molar-refractivity contribution in [3.8, 4) is 5.69 Å². The number of aromatic nitrogens is 3. The van der Waals surface area contributed by atoms with Gasteiger partial charge in [0.25, 0.3) is 5.91 Å². The van der Waals surface area contributed by atoms with Gasteiger partial charge in [0.15, 0.2) is 0 Å². The molecule has 0 bridgehead atoms. The lowest BCUT2D eigenvalue weighted by molar-refractivity contribution is 0.102. The predicted octanol–water partition coefficient (Wildman–Crippen LogP) is 3.17. The molecule has 6 heteroatoms. The molecule has 1 N–H and O–H groups in total. The Morgan fingerprint density at radius 1 is 1.14 bits per heavy atom. The maximum atomic E-state index is 12.1. The number of para-hydroxylation sites is 1. The van der Waals surface area contributed by atoms with Gasteiger partial charge in [0.05, 0.1) is 22.5 Å². The zero-order chi connectivity index (χ0) is 14.7. The topological polar surface area (TPSA) is 59.8 Å². The molecular formula is C15H11ClN4O. The minimum absolute atomic E-state index is 0.237. The molecule has 0 fully saturated rings. The summed E-state index contributed by atoms with van der Waals surface area (Å²) in [6.45, 7) is 0. The summed E-state index contributed by atoms with van der Waals surface area (Å²) in [5, 5.41) is 7.51. The Labute approximate surface area is 126 Å². The first-order chi connectivity index (χ1) is 10.2. The summed E-state index contributed by atoms with van der Waals surface area (Å²) in [6.07, 6.45) is 6.36. The van der Waals surface area contributed by atoms with E-state index < -0.39 is 0 Å². The average molecular weight is 299 g/mol. The molecule has 1 aromatic carbocycles. The van der Waals surface area contributed by atoms with E-state index in [9.17, 15) is 4.79 Å². The van der Waals surface area contributed by atoms with Crippen molar-refractivity contribution in [1.82, 2.24) is 14.8 Å². The summed E-state index contributed by atoms with van der Waals surface area (Å²) in [5.41, 5.74) is 1.86. The van der Waals surface area contributed by atoms with Crippen molar-refractivity contribution >= 4 is 23.2 Å². The van der Waals surface area contributed by atoms with Gasteiger partial charge in [-0.05, 0) is 24.3 Å². The first kappa shape index (κ1) is 13.3. The zero-order valence-corrected chi connectivity index (χ0v) is 11.7. The maximum absolute atomic E-state index is 12.1. The second-order valence-corrected chi connectivity index (χ2v) is 4.72. The fourth-order valence-corrected chi connectivity index (χ4v) is 2.07. The summed E-state index contributed by atoms with van der Waals surface area (Å²) >= 11 is 6.11. The highest BCUT2D eigenvalue weighted by atomic mass is 35.5. The second-order valence-electron chi connectivity index (χ2n) is 4.32. The van der Waals surface area contributed by atoms with E-state index in [0.717, 1.165) is 5.69 Å². The van der Waals surface area contributed by atoms with Gasteiger partial charge in [0.1, 0.15) is 0 Å². The normalized spacial score (nSPS) is 10.3. The Bertz CT molecular complexity index is 770. The molecule has 0 atom stereocenters. The Morgan fingerprint density at radius 2 is 1.90 bits per heavy atom. The molecule has 2 aromatic heterocycles. The van der Waals surface area contributed by atoms with E-state index in [-0.39, 0.29) is 5.91 Å². The van der Waals surface area contributed by atoms with Crippen LogP contribution in [0.25, 0.3) is 5.69 Å². The molecule has 2 heterocycles. The van der Waals surface area contributed by atoms with Crippen LogP contribution in [0.2, 0.25) is 5.02 Å². The van der Waals surface area contributed by atoms with E-state index in [0.29, 0.717) is 16.3 Å². The van der Waals surface area contributed by atoms with Crippen molar-refractivity contribution in [3.05, 3.63) is 71.8 Å². The minimum Gasteiger partial charge on any atom is -0.322 e. The molecule has 0 saturated heterocycles. The molecule has 1 amide bonds. The third-order valence-electron chi connectivity index (χ3n) is 2.88. The van der Waals surface area contributed by atoms with Crippen LogP contribution in [-0.4, -0.2) is 20.7 Å². The van der Waals surface area contributed by atoms with Crippen LogP contribution in [0, 0.1) is 0 Å². The van der Waals surface area contributed by atoms with Gasteiger partial charge in [-0.25, -0.2) is 4.68 Å². The van der Waals surface area contributed by atoms with Crippen LogP contribution in [-0.2, 0) is 0 Å². The smallest absolute Gasteiger partial charge is 0.258 e. The summed E-state index contributed by atoms with van der Waals surface area (Å²) in [7, 11) is 0. The number of carbonyl (C=O) groups is 1. The highest BCUT2D eigenvalue weighted by molar-refractivity contribution is 6.32. The SMILES string of the molecule is O=C(Nc1ccncc1)c1cnn(-c2ccccc2Cl)c1. The number of halogens is 1. The van der Waals surface area contributed by atoms with Crippen LogP contribution in [0.3, 0.4) is 0 Å². The number of benzene rings is 1. The van der Waals surface area contributed by atoms with E-state index in [4.69, 9.17) is 11.6 Å². The van der Waals surface area contributed by atoms with Gasteiger partial charge in [-0.15, -0.1) is 0 Å². The highest BCUT2D eigenvalue weighted by Gasteiger charge is 2.11. The number of hydrogen-bond donors (Lipinski definition) is 1. The van der Waals surface area contributed by atoms with Crippen molar-refractivity contribution in [2.75, 3.05) is 5.32 Å². The molecule has 5 nitrogen and oxygen atoms in total. The predicted molar refractivity (Wildman–Crippen MR) is 80.8 cm³/mol. The summed E-state index contributed by atoms with van der Waals surface area (Å²) in [5.74, 6) is -0.237. The maximum Gasteiger partial charge on any atom is 0.258 e. The number of nitrogens with zero attached hydrogens (tertiary/aromatic N) is 3. The van der Waals surface area contributed by atoms with Crippen molar-refractivity contribution in [3.63, 3.8) is 0 Å². The first-order valence-corrected chi connectivity index (χ1v) is 6.63. The molecule has 3 aromatic rings. The van der Waals surface area contributed by atoms with Gasteiger partial charge >= 0.3 is 0 Å². The Morgan fingerprint density at radius 3 is 2.67 bits per heavy atom. The lowest BCUT2D eigenvalue weighted by Gasteiger charge is -2.03. The van der Waals surface area contributed by atoms with E-state index in [1.807, 2.05) is 18.2 Å². The van der Waals surface area contributed by atoms with E-state index in [1.54, 1.807) is 41.5 Å². The lowest BCUT2D eigenvalue weighted by Crippen LogP contribution is -2.11. The highest BCUT2D eigenvalue weighted by Crippen LogP contribution is 2.19. The molecule has 0 radical (unpaired) electrons. The largest absolute Gasteiger partial charge is 0.322 e. The van der Waals surface area contributed by atoms with Crippen molar-refractivity contribution < 1.29 is 4.79 Å². The number of amides is 1. The number of carbonyl (C=O) groups excluding carboxylic acids is 1. The lowest BCUT2D eigenvalue weighted by atomic mass is 10.3. The van der Waals surface area contributed by atoms with Gasteiger partial charge < -0.3 is 5.32 Å². The standard InChI is InChI=1S/C15H11ClN4O/c16-13-3-1-2-4-14(13)20-10-11(9-18-20)15(21)19-12-5-7-17-8-6-12/h1-10H,(H,17,19,21). The monoisotopic (exact) mass is 298 g/mol. The van der Waals surface area contributed by atoms with E-state index >= 15 is 0 Å². The third kappa shape index (κ3) is 2.93. The average Bonchev–Trinajstić information content (AvgIpc) is 2.98. The number of anilines is 1. The number of nitrogens with one attached hydrogen (secondary N) is 1. The van der Waals surface area contributed by atoms with E-state index in [2.05, 4.69) is 15.4 Å². The molecule has 21 heavy (non-hydrogen) atoms. The molecule has 0 unspecified atom stereocenters. The number of pyridine rings is 1. The van der Waals surface area contributed by atoms with Crippen molar-refractivity contribution in [2.45, 2.75) is 0 Å². The molecule has 0 spiro atoms. The fourth-order valence-electron chi connectivity index (χ4n) is 1.85. The molecule has 3 rings (SSSR count). The van der Waals surface area contributed by atoms with E-state index in [1.165, 1.54) is 6.20 Å². The number of hydrogen-bond acceptors (Lipinski definition) is 3. The van der Waals surface area contributed by atoms with Crippen molar-refractivity contribution in [2.24, 2.45) is 0 Å². The van der Waals surface area contributed by atoms with Crippen LogP contribution in [0.1, 0.15) is 10.4 Å². The first-order valence-electron chi connectivity index (χ1n) is 6.25. The molecule has 104 valence electrons. The molecule has 0 aliphatic carbocycles. The van der Waals surface area contributed by atoms with Gasteiger partial charge in [-0.2, -0.15) is 5.10 Å². The Kier molecular flexibility index (Phi) is 3.66. The summed E-state index contributed by atoms with van der Waals surface area (Å²) < 4.78 is 1.57. The van der Waals surface area contributed by atoms with Gasteiger partial charge in [-0.3, -0.25) is 9.78 Å². The van der Waals surface area contributed by atoms with Crippen LogP contribution in [0.4, 0.5) is 5.69 Å². The summed E-state index contributed by atoms with van der Waals surface area (Å²) in [6, 6.07) is 10.7. The fraction of sp³-hybridized carbons (Fsp3) is 0. The Balaban J connectivity index is 1.82. The Hall–Kier alpha value is -2.66. The molecular weight excluding hydrogens is 288 g/mol. The second kappa shape index (κ2) is 5.76. The van der Waals surface area contributed by atoms with Gasteiger partial charge in [-0.1, -0.05) is 23.7 Å². The molecule has 0 aliphatic rings. The van der Waals surface area contributed by atoms with Crippen molar-refractivity contribution in [1.29, 1.82) is 0 Å². The third-order valence-corrected chi connectivity index (χ3v) is 3.20. The van der Waals surface area contributed by atoms with Gasteiger partial charge in [0, 0.05) is 24.3 Å². The molecule has 0 saturated carbocycles. The van der Waals surface area contributed by atoms with Crippen LogP contribution >= 0.6 is 11.6 Å². The quantitative estimate of drug-likeness (QED) is 0.808. The van der Waals surface area contributed by atoms with Crippen LogP contribution < -0.4 is 5.32 Å². The zero-order valence-electron chi connectivity index (χ0n) is 10.9. The minimum atomic E-state index is -0.237. The van der Waals surface area contributed by atoms with Crippen LogP contribution in [0.5, 0.6) is 0 Å².